The van der Waals surface area contributed by atoms with Gasteiger partial charge in [0.15, 0.2) is 0 Å². The lowest BCUT2D eigenvalue weighted by Crippen LogP contribution is -1.84. The highest BCUT2D eigenvalue weighted by atomic mass is 32.1. The molecule has 0 bridgehead atoms. The summed E-state index contributed by atoms with van der Waals surface area (Å²) in [5.41, 5.74) is 1.19. The van der Waals surface area contributed by atoms with Crippen molar-refractivity contribution < 1.29 is 0 Å². The van der Waals surface area contributed by atoms with Crippen molar-refractivity contribution in [2.45, 2.75) is 33.6 Å². The van der Waals surface area contributed by atoms with E-state index >= 15 is 0 Å². The molecule has 2 heterocycles. The smallest absolute Gasteiger partial charge is 0.133 e. The molecule has 2 rings (SSSR count). The molecule has 80 valence electrons. The molecule has 0 fully saturated rings. The third-order valence-corrected chi connectivity index (χ3v) is 4.94. The highest BCUT2D eigenvalue weighted by molar-refractivity contribution is 7.21. The first-order chi connectivity index (χ1) is 7.08. The summed E-state index contributed by atoms with van der Waals surface area (Å²) in [6, 6.07) is 4.33. The van der Waals surface area contributed by atoms with Gasteiger partial charge in [-0.3, -0.25) is 0 Å². The monoisotopic (exact) mass is 237 g/mol. The van der Waals surface area contributed by atoms with Gasteiger partial charge in [-0.2, -0.15) is 0 Å². The van der Waals surface area contributed by atoms with Crippen molar-refractivity contribution in [3.8, 4) is 9.88 Å². The molecule has 1 nitrogen and oxygen atoms in total. The van der Waals surface area contributed by atoms with Crippen LogP contribution in [-0.2, 0) is 0 Å². The highest BCUT2D eigenvalue weighted by Gasteiger charge is 2.12. The number of thiophene rings is 1. The average molecular weight is 237 g/mol. The summed E-state index contributed by atoms with van der Waals surface area (Å²) in [6.45, 7) is 8.70. The number of hydrogen-bond acceptors (Lipinski definition) is 3. The van der Waals surface area contributed by atoms with Crippen LogP contribution in [0.3, 0.4) is 0 Å². The van der Waals surface area contributed by atoms with Gasteiger partial charge < -0.3 is 0 Å². The molecule has 0 atom stereocenters. The van der Waals surface area contributed by atoms with Gasteiger partial charge in [0.25, 0.3) is 0 Å². The van der Waals surface area contributed by atoms with Crippen LogP contribution in [0.15, 0.2) is 12.1 Å². The third-order valence-electron chi connectivity index (χ3n) is 2.31. The number of aromatic nitrogens is 1. The standard InChI is InChI=1S/C12H15NS2/c1-7(2)11-9(4)13-12(15-11)10-6-5-8(3)14-10/h5-7H,1-4H3. The Kier molecular flexibility index (Phi) is 2.94. The van der Waals surface area contributed by atoms with Crippen molar-refractivity contribution in [3.05, 3.63) is 27.6 Å². The molecule has 0 aliphatic heterocycles. The number of nitrogens with zero attached hydrogens (tertiary/aromatic N) is 1. The number of thiazole rings is 1. The number of rotatable bonds is 2. The SMILES string of the molecule is Cc1ccc(-c2nc(C)c(C(C)C)s2)s1. The molecule has 3 heteroatoms. The second kappa shape index (κ2) is 4.06. The predicted octanol–water partition coefficient (Wildman–Crippen LogP) is 4.61. The van der Waals surface area contributed by atoms with Gasteiger partial charge >= 0.3 is 0 Å². The maximum atomic E-state index is 4.64. The molecule has 0 saturated heterocycles. The lowest BCUT2D eigenvalue weighted by atomic mass is 10.1. The summed E-state index contributed by atoms with van der Waals surface area (Å²) in [5.74, 6) is 0.581. The second-order valence-corrected chi connectivity index (χ2v) is 6.35. The first-order valence-corrected chi connectivity index (χ1v) is 6.75. The van der Waals surface area contributed by atoms with Crippen molar-refractivity contribution in [2.75, 3.05) is 0 Å². The van der Waals surface area contributed by atoms with Crippen LogP contribution in [0.2, 0.25) is 0 Å². The van der Waals surface area contributed by atoms with Crippen molar-refractivity contribution in [3.63, 3.8) is 0 Å². The quantitative estimate of drug-likeness (QED) is 0.743. The van der Waals surface area contributed by atoms with E-state index in [1.165, 1.54) is 25.3 Å². The van der Waals surface area contributed by atoms with Crippen LogP contribution in [-0.4, -0.2) is 4.98 Å². The molecule has 2 aromatic heterocycles. The van der Waals surface area contributed by atoms with Gasteiger partial charge in [-0.25, -0.2) is 4.98 Å². The molecule has 15 heavy (non-hydrogen) atoms. The van der Waals surface area contributed by atoms with E-state index in [0.717, 1.165) is 0 Å². The minimum absolute atomic E-state index is 0.581. The van der Waals surface area contributed by atoms with Crippen molar-refractivity contribution >= 4 is 22.7 Å². The molecular formula is C12H15NS2. The van der Waals surface area contributed by atoms with E-state index in [9.17, 15) is 0 Å². The zero-order valence-corrected chi connectivity index (χ0v) is 11.1. The Morgan fingerprint density at radius 1 is 1.13 bits per heavy atom. The van der Waals surface area contributed by atoms with Crippen molar-refractivity contribution in [1.82, 2.24) is 4.98 Å². The summed E-state index contributed by atoms with van der Waals surface area (Å²) in [7, 11) is 0. The average Bonchev–Trinajstić information content (AvgIpc) is 2.71. The summed E-state index contributed by atoms with van der Waals surface area (Å²) < 4.78 is 0. The van der Waals surface area contributed by atoms with Crippen LogP contribution in [0, 0.1) is 13.8 Å². The van der Waals surface area contributed by atoms with Crippen LogP contribution < -0.4 is 0 Å². The lowest BCUT2D eigenvalue weighted by Gasteiger charge is -1.99. The minimum Gasteiger partial charge on any atom is -0.240 e. The Bertz CT molecular complexity index is 466. The molecule has 0 spiro atoms. The molecule has 0 amide bonds. The lowest BCUT2D eigenvalue weighted by molar-refractivity contribution is 0.873. The highest BCUT2D eigenvalue weighted by Crippen LogP contribution is 2.35. The first-order valence-electron chi connectivity index (χ1n) is 5.12. The van der Waals surface area contributed by atoms with Crippen molar-refractivity contribution in [2.24, 2.45) is 0 Å². The van der Waals surface area contributed by atoms with E-state index in [2.05, 4.69) is 44.8 Å². The van der Waals surface area contributed by atoms with Gasteiger partial charge in [-0.15, -0.1) is 22.7 Å². The Balaban J connectivity index is 2.42. The fourth-order valence-electron chi connectivity index (χ4n) is 1.60. The van der Waals surface area contributed by atoms with Gasteiger partial charge in [-0.1, -0.05) is 13.8 Å². The molecule has 0 aliphatic carbocycles. The van der Waals surface area contributed by atoms with E-state index in [1.807, 2.05) is 22.7 Å². The molecule has 0 saturated carbocycles. The maximum Gasteiger partial charge on any atom is 0.133 e. The van der Waals surface area contributed by atoms with Crippen LogP contribution in [0.5, 0.6) is 0 Å². The number of hydrogen-bond donors (Lipinski definition) is 0. The fourth-order valence-corrected chi connectivity index (χ4v) is 3.59. The molecule has 0 unspecified atom stereocenters. The summed E-state index contributed by atoms with van der Waals surface area (Å²) in [6.07, 6.45) is 0. The summed E-state index contributed by atoms with van der Waals surface area (Å²) >= 11 is 3.66. The Labute approximate surface area is 98.8 Å². The van der Waals surface area contributed by atoms with E-state index in [-0.39, 0.29) is 0 Å². The fraction of sp³-hybridized carbons (Fsp3) is 0.417. The zero-order chi connectivity index (χ0) is 11.0. The van der Waals surface area contributed by atoms with E-state index in [0.29, 0.717) is 5.92 Å². The van der Waals surface area contributed by atoms with Crippen LogP contribution >= 0.6 is 22.7 Å². The topological polar surface area (TPSA) is 12.9 Å². The molecule has 0 aromatic carbocycles. The van der Waals surface area contributed by atoms with Crippen LogP contribution in [0.1, 0.15) is 35.2 Å². The third kappa shape index (κ3) is 2.13. The van der Waals surface area contributed by atoms with E-state index in [1.54, 1.807) is 0 Å². The molecular weight excluding hydrogens is 222 g/mol. The summed E-state index contributed by atoms with van der Waals surface area (Å²) in [4.78, 5) is 8.71. The van der Waals surface area contributed by atoms with Crippen molar-refractivity contribution in [1.29, 1.82) is 0 Å². The second-order valence-electron chi connectivity index (χ2n) is 4.03. The molecule has 2 aromatic rings. The predicted molar refractivity (Wildman–Crippen MR) is 69.0 cm³/mol. The maximum absolute atomic E-state index is 4.64. The van der Waals surface area contributed by atoms with Gasteiger partial charge in [0, 0.05) is 9.75 Å². The Hall–Kier alpha value is -0.670. The zero-order valence-electron chi connectivity index (χ0n) is 9.50. The van der Waals surface area contributed by atoms with Crippen LogP contribution in [0.25, 0.3) is 9.88 Å². The molecule has 0 radical (unpaired) electrons. The van der Waals surface area contributed by atoms with E-state index < -0.39 is 0 Å². The Morgan fingerprint density at radius 2 is 1.87 bits per heavy atom. The largest absolute Gasteiger partial charge is 0.240 e. The van der Waals surface area contributed by atoms with Gasteiger partial charge in [-0.05, 0) is 31.9 Å². The number of aryl methyl sites for hydroxylation is 2. The van der Waals surface area contributed by atoms with E-state index in [4.69, 9.17) is 0 Å². The molecule has 0 aliphatic rings. The van der Waals surface area contributed by atoms with Gasteiger partial charge in [0.1, 0.15) is 5.01 Å². The normalized spacial score (nSPS) is 11.3. The first kappa shape index (κ1) is 10.8. The molecule has 0 N–H and O–H groups in total. The van der Waals surface area contributed by atoms with Crippen LogP contribution in [0.4, 0.5) is 0 Å². The Morgan fingerprint density at radius 3 is 2.33 bits per heavy atom. The van der Waals surface area contributed by atoms with Gasteiger partial charge in [0.2, 0.25) is 0 Å². The minimum atomic E-state index is 0.581. The summed E-state index contributed by atoms with van der Waals surface area (Å²) in [5, 5.41) is 1.18. The van der Waals surface area contributed by atoms with Gasteiger partial charge in [0.05, 0.1) is 10.6 Å².